The van der Waals surface area contributed by atoms with Crippen molar-refractivity contribution in [3.8, 4) is 0 Å². The molecule has 0 aliphatic carbocycles. The lowest BCUT2D eigenvalue weighted by Gasteiger charge is -2.13. The van der Waals surface area contributed by atoms with Gasteiger partial charge in [-0.1, -0.05) is 0 Å². The lowest BCUT2D eigenvalue weighted by Crippen LogP contribution is -2.34. The van der Waals surface area contributed by atoms with Gasteiger partial charge in [0.15, 0.2) is 0 Å². The van der Waals surface area contributed by atoms with E-state index in [4.69, 9.17) is 0 Å². The molecular formula is C10H15N3O2. The van der Waals surface area contributed by atoms with Crippen LogP contribution in [0, 0.1) is 5.92 Å². The van der Waals surface area contributed by atoms with Crippen molar-refractivity contribution in [1.29, 1.82) is 0 Å². The maximum atomic E-state index is 11.5. The number of aromatic amines is 1. The van der Waals surface area contributed by atoms with E-state index >= 15 is 0 Å². The van der Waals surface area contributed by atoms with Gasteiger partial charge in [-0.3, -0.25) is 4.79 Å². The molecule has 1 aromatic heterocycles. The molecule has 0 aromatic carbocycles. The van der Waals surface area contributed by atoms with Crippen LogP contribution in [0.15, 0.2) is 18.3 Å². The van der Waals surface area contributed by atoms with Gasteiger partial charge in [0.05, 0.1) is 6.10 Å². The van der Waals surface area contributed by atoms with Crippen molar-refractivity contribution in [2.45, 2.75) is 6.10 Å². The van der Waals surface area contributed by atoms with Crippen molar-refractivity contribution in [2.75, 3.05) is 19.6 Å². The van der Waals surface area contributed by atoms with Crippen molar-refractivity contribution in [3.05, 3.63) is 24.0 Å². The standard InChI is InChI=1S/C10H15N3O2/c14-9-6-11-4-7(9)5-13-10(15)8-2-1-3-12-8/h1-3,7,9,11-12,14H,4-6H2,(H,13,15). The molecule has 2 rings (SSSR count). The number of aromatic nitrogens is 1. The molecule has 2 atom stereocenters. The zero-order chi connectivity index (χ0) is 10.7. The minimum atomic E-state index is -0.353. The Labute approximate surface area is 87.9 Å². The zero-order valence-corrected chi connectivity index (χ0v) is 8.36. The van der Waals surface area contributed by atoms with Crippen LogP contribution in [0.2, 0.25) is 0 Å². The number of β-amino-alcohol motifs (C(OH)–C–C–N with tert-alkyl or cyclic N) is 1. The van der Waals surface area contributed by atoms with Crippen molar-refractivity contribution >= 4 is 5.91 Å². The summed E-state index contributed by atoms with van der Waals surface area (Å²) >= 11 is 0. The largest absolute Gasteiger partial charge is 0.391 e. The van der Waals surface area contributed by atoms with E-state index in [1.165, 1.54) is 0 Å². The van der Waals surface area contributed by atoms with Gasteiger partial charge in [-0.25, -0.2) is 0 Å². The smallest absolute Gasteiger partial charge is 0.267 e. The highest BCUT2D eigenvalue weighted by Crippen LogP contribution is 2.07. The van der Waals surface area contributed by atoms with Crippen molar-refractivity contribution in [3.63, 3.8) is 0 Å². The normalized spacial score (nSPS) is 25.4. The van der Waals surface area contributed by atoms with Gasteiger partial charge in [0.2, 0.25) is 0 Å². The molecule has 0 spiro atoms. The summed E-state index contributed by atoms with van der Waals surface area (Å²) < 4.78 is 0. The van der Waals surface area contributed by atoms with E-state index in [1.54, 1.807) is 18.3 Å². The third kappa shape index (κ3) is 2.37. The lowest BCUT2D eigenvalue weighted by molar-refractivity contribution is 0.0923. The number of amides is 1. The fourth-order valence-corrected chi connectivity index (χ4v) is 1.72. The van der Waals surface area contributed by atoms with Crippen LogP contribution in [0.1, 0.15) is 10.5 Å². The molecule has 4 N–H and O–H groups in total. The molecule has 2 unspecified atom stereocenters. The Balaban J connectivity index is 1.81. The first-order valence-electron chi connectivity index (χ1n) is 5.08. The summed E-state index contributed by atoms with van der Waals surface area (Å²) in [5, 5.41) is 15.4. The van der Waals surface area contributed by atoms with E-state index < -0.39 is 0 Å². The number of aliphatic hydroxyl groups excluding tert-OH is 1. The molecular weight excluding hydrogens is 194 g/mol. The summed E-state index contributed by atoms with van der Waals surface area (Å²) in [5.41, 5.74) is 0.551. The fourth-order valence-electron chi connectivity index (χ4n) is 1.72. The number of hydrogen-bond donors (Lipinski definition) is 4. The molecule has 0 radical (unpaired) electrons. The predicted octanol–water partition coefficient (Wildman–Crippen LogP) is -0.675. The monoisotopic (exact) mass is 209 g/mol. The van der Waals surface area contributed by atoms with Gasteiger partial charge in [0.25, 0.3) is 5.91 Å². The molecule has 2 heterocycles. The van der Waals surface area contributed by atoms with Crippen LogP contribution in [0.4, 0.5) is 0 Å². The molecule has 1 aliphatic rings. The summed E-state index contributed by atoms with van der Waals surface area (Å²) in [4.78, 5) is 14.4. The zero-order valence-electron chi connectivity index (χ0n) is 8.36. The topological polar surface area (TPSA) is 77.2 Å². The summed E-state index contributed by atoms with van der Waals surface area (Å²) in [6.07, 6.45) is 1.36. The van der Waals surface area contributed by atoms with Crippen molar-refractivity contribution in [1.82, 2.24) is 15.6 Å². The SMILES string of the molecule is O=C(NCC1CNCC1O)c1ccc[nH]1. The molecule has 0 bridgehead atoms. The van der Waals surface area contributed by atoms with Gasteiger partial charge in [0, 0.05) is 31.7 Å². The van der Waals surface area contributed by atoms with Gasteiger partial charge < -0.3 is 20.7 Å². The van der Waals surface area contributed by atoms with Crippen molar-refractivity contribution in [2.24, 2.45) is 5.92 Å². The molecule has 1 aliphatic heterocycles. The number of carbonyl (C=O) groups excluding carboxylic acids is 1. The number of hydrogen-bond acceptors (Lipinski definition) is 3. The number of nitrogens with one attached hydrogen (secondary N) is 3. The third-order valence-electron chi connectivity index (χ3n) is 2.67. The average molecular weight is 209 g/mol. The van der Waals surface area contributed by atoms with Gasteiger partial charge in [-0.05, 0) is 12.1 Å². The number of aliphatic hydroxyl groups is 1. The molecule has 1 aromatic rings. The second-order valence-electron chi connectivity index (χ2n) is 3.78. The second-order valence-corrected chi connectivity index (χ2v) is 3.78. The molecule has 82 valence electrons. The first kappa shape index (κ1) is 10.2. The van der Waals surface area contributed by atoms with E-state index in [2.05, 4.69) is 15.6 Å². The van der Waals surface area contributed by atoms with Crippen LogP contribution in [-0.4, -0.2) is 41.7 Å². The van der Waals surface area contributed by atoms with E-state index in [0.717, 1.165) is 6.54 Å². The molecule has 1 fully saturated rings. The number of rotatable bonds is 3. The van der Waals surface area contributed by atoms with E-state index in [-0.39, 0.29) is 17.9 Å². The van der Waals surface area contributed by atoms with Crippen LogP contribution in [0.25, 0.3) is 0 Å². The van der Waals surface area contributed by atoms with Gasteiger partial charge in [-0.15, -0.1) is 0 Å². The first-order chi connectivity index (χ1) is 7.27. The van der Waals surface area contributed by atoms with E-state index in [0.29, 0.717) is 18.8 Å². The Morgan fingerprint density at radius 1 is 1.60 bits per heavy atom. The molecule has 5 nitrogen and oxygen atoms in total. The Morgan fingerprint density at radius 2 is 2.47 bits per heavy atom. The summed E-state index contributed by atoms with van der Waals surface area (Å²) in [6, 6.07) is 3.50. The number of carbonyl (C=O) groups is 1. The van der Waals surface area contributed by atoms with Crippen LogP contribution in [-0.2, 0) is 0 Å². The molecule has 1 saturated heterocycles. The summed E-state index contributed by atoms with van der Waals surface area (Å²) in [5.74, 6) is -0.0111. The quantitative estimate of drug-likeness (QED) is 0.533. The third-order valence-corrected chi connectivity index (χ3v) is 2.67. The lowest BCUT2D eigenvalue weighted by atomic mass is 10.1. The minimum absolute atomic E-state index is 0.115. The van der Waals surface area contributed by atoms with Gasteiger partial charge in [-0.2, -0.15) is 0 Å². The Bertz CT molecular complexity index is 323. The first-order valence-corrected chi connectivity index (χ1v) is 5.08. The second kappa shape index (κ2) is 4.46. The Hall–Kier alpha value is -1.33. The number of H-pyrrole nitrogens is 1. The van der Waals surface area contributed by atoms with Crippen LogP contribution in [0.3, 0.4) is 0 Å². The van der Waals surface area contributed by atoms with Gasteiger partial charge >= 0.3 is 0 Å². The maximum absolute atomic E-state index is 11.5. The van der Waals surface area contributed by atoms with Crippen LogP contribution < -0.4 is 10.6 Å². The molecule has 5 heteroatoms. The van der Waals surface area contributed by atoms with Crippen molar-refractivity contribution < 1.29 is 9.90 Å². The highest BCUT2D eigenvalue weighted by molar-refractivity contribution is 5.92. The molecule has 0 saturated carbocycles. The molecule has 15 heavy (non-hydrogen) atoms. The maximum Gasteiger partial charge on any atom is 0.267 e. The highest BCUT2D eigenvalue weighted by atomic mass is 16.3. The van der Waals surface area contributed by atoms with Gasteiger partial charge in [0.1, 0.15) is 5.69 Å². The average Bonchev–Trinajstić information content (AvgIpc) is 2.85. The van der Waals surface area contributed by atoms with Crippen LogP contribution >= 0.6 is 0 Å². The minimum Gasteiger partial charge on any atom is -0.391 e. The molecule has 1 amide bonds. The Morgan fingerprint density at radius 3 is 3.07 bits per heavy atom. The highest BCUT2D eigenvalue weighted by Gasteiger charge is 2.25. The Kier molecular flexibility index (Phi) is 3.03. The summed E-state index contributed by atoms with van der Waals surface area (Å²) in [7, 11) is 0. The van der Waals surface area contributed by atoms with E-state index in [9.17, 15) is 9.90 Å². The fraction of sp³-hybridized carbons (Fsp3) is 0.500. The van der Waals surface area contributed by atoms with E-state index in [1.807, 2.05) is 0 Å². The summed E-state index contributed by atoms with van der Waals surface area (Å²) in [6.45, 7) is 1.88. The van der Waals surface area contributed by atoms with Crippen LogP contribution in [0.5, 0.6) is 0 Å². The predicted molar refractivity (Wildman–Crippen MR) is 55.5 cm³/mol.